The van der Waals surface area contributed by atoms with E-state index in [1.807, 2.05) is 11.0 Å². The number of para-hydroxylation sites is 1. The number of aromatic nitrogens is 2. The zero-order valence-electron chi connectivity index (χ0n) is 20.5. The molecule has 8 nitrogen and oxygen atoms in total. The van der Waals surface area contributed by atoms with E-state index < -0.39 is 5.82 Å². The maximum atomic E-state index is 14.9. The van der Waals surface area contributed by atoms with Crippen LogP contribution in [0.15, 0.2) is 48.7 Å². The van der Waals surface area contributed by atoms with Crippen molar-refractivity contribution in [3.05, 3.63) is 65.9 Å². The number of carbonyl (C=O) groups excluding carboxylic acids is 1. The minimum Gasteiger partial charge on any atom is -0.367 e. The molecule has 0 bridgehead atoms. The molecule has 2 aromatic carbocycles. The maximum absolute atomic E-state index is 14.9. The number of nitrogens with zero attached hydrogens (tertiary/aromatic N) is 5. The zero-order valence-corrected chi connectivity index (χ0v) is 20.5. The van der Waals surface area contributed by atoms with Crippen molar-refractivity contribution >= 4 is 34.9 Å². The van der Waals surface area contributed by atoms with E-state index in [4.69, 9.17) is 4.98 Å². The van der Waals surface area contributed by atoms with Gasteiger partial charge in [0.1, 0.15) is 17.5 Å². The second-order valence-corrected chi connectivity index (χ2v) is 9.70. The average Bonchev–Trinajstić information content (AvgIpc) is 3.44. The molecule has 0 radical (unpaired) electrons. The van der Waals surface area contributed by atoms with Crippen LogP contribution in [0.2, 0.25) is 0 Å². The molecule has 2 fully saturated rings. The van der Waals surface area contributed by atoms with Crippen LogP contribution >= 0.6 is 0 Å². The van der Waals surface area contributed by atoms with E-state index >= 15 is 0 Å². The Balaban J connectivity index is 1.30. The van der Waals surface area contributed by atoms with Gasteiger partial charge in [-0.1, -0.05) is 25.0 Å². The fourth-order valence-corrected chi connectivity index (χ4v) is 5.46. The highest BCUT2D eigenvalue weighted by Gasteiger charge is 2.39. The molecule has 6 rings (SSSR count). The largest absolute Gasteiger partial charge is 0.367 e. The van der Waals surface area contributed by atoms with Crippen LogP contribution in [0.3, 0.4) is 0 Å². The summed E-state index contributed by atoms with van der Waals surface area (Å²) in [5.41, 5.74) is 2.08. The zero-order chi connectivity index (χ0) is 25.4. The molecular formula is C27H29F2N7O. The normalized spacial score (nSPS) is 18.3. The van der Waals surface area contributed by atoms with Gasteiger partial charge in [0.15, 0.2) is 0 Å². The molecule has 3 aliphatic rings. The van der Waals surface area contributed by atoms with Crippen LogP contribution in [0.1, 0.15) is 31.2 Å². The highest BCUT2D eigenvalue weighted by Crippen LogP contribution is 2.37. The fourth-order valence-electron chi connectivity index (χ4n) is 5.46. The summed E-state index contributed by atoms with van der Waals surface area (Å²) >= 11 is 0. The van der Waals surface area contributed by atoms with Gasteiger partial charge in [-0.2, -0.15) is 4.98 Å². The third-order valence-electron chi connectivity index (χ3n) is 7.33. The molecule has 10 heteroatoms. The van der Waals surface area contributed by atoms with Gasteiger partial charge >= 0.3 is 6.03 Å². The number of fused-ring (bicyclic) bond motifs is 1. The summed E-state index contributed by atoms with van der Waals surface area (Å²) < 4.78 is 29.6. The highest BCUT2D eigenvalue weighted by molar-refractivity contribution is 6.06. The molecule has 1 aromatic heterocycles. The monoisotopic (exact) mass is 505 g/mol. The van der Waals surface area contributed by atoms with Crippen LogP contribution in [0.25, 0.3) is 0 Å². The lowest BCUT2D eigenvalue weighted by molar-refractivity contribution is 0.247. The molecular weight excluding hydrogens is 476 g/mol. The standard InChI is InChI=1S/C27H29F2N7O/c28-21-7-3-4-8-24(21)35-17-18-16-31-26(33-25(18)36(27(35)37)20-5-1-2-6-20)32-19-9-10-23(22(29)15-19)34-13-11-30-12-14-34/h3-4,7-10,15-16,20,30H,1-2,5-6,11-14,17H2,(H,31,32,33). The molecule has 37 heavy (non-hydrogen) atoms. The second kappa shape index (κ2) is 9.93. The predicted octanol–water partition coefficient (Wildman–Crippen LogP) is 4.80. The van der Waals surface area contributed by atoms with Gasteiger partial charge in [-0.3, -0.25) is 9.80 Å². The number of urea groups is 1. The number of carbonyl (C=O) groups is 1. The third-order valence-corrected chi connectivity index (χ3v) is 7.33. The van der Waals surface area contributed by atoms with E-state index in [1.165, 1.54) is 17.0 Å². The second-order valence-electron chi connectivity index (χ2n) is 9.70. The van der Waals surface area contributed by atoms with Crippen LogP contribution in [0.4, 0.5) is 42.4 Å². The van der Waals surface area contributed by atoms with E-state index in [0.717, 1.165) is 57.4 Å². The molecule has 192 valence electrons. The van der Waals surface area contributed by atoms with Crippen molar-refractivity contribution < 1.29 is 13.6 Å². The highest BCUT2D eigenvalue weighted by atomic mass is 19.1. The Bertz CT molecular complexity index is 1310. The van der Waals surface area contributed by atoms with Crippen molar-refractivity contribution in [2.45, 2.75) is 38.3 Å². The Morgan fingerprint density at radius 2 is 1.76 bits per heavy atom. The quantitative estimate of drug-likeness (QED) is 0.519. The Labute approximate surface area is 214 Å². The number of piperazine rings is 1. The van der Waals surface area contributed by atoms with Gasteiger partial charge in [0, 0.05) is 49.7 Å². The predicted molar refractivity (Wildman–Crippen MR) is 140 cm³/mol. The number of rotatable bonds is 5. The van der Waals surface area contributed by atoms with E-state index in [-0.39, 0.29) is 36.1 Å². The Hall–Kier alpha value is -3.79. The Kier molecular flexibility index (Phi) is 6.33. The molecule has 0 atom stereocenters. The van der Waals surface area contributed by atoms with E-state index in [2.05, 4.69) is 15.6 Å². The molecule has 3 heterocycles. The van der Waals surface area contributed by atoms with Crippen molar-refractivity contribution in [3.63, 3.8) is 0 Å². The van der Waals surface area contributed by atoms with Crippen LogP contribution < -0.4 is 25.3 Å². The molecule has 1 saturated heterocycles. The van der Waals surface area contributed by atoms with Crippen LogP contribution in [-0.4, -0.2) is 48.2 Å². The lowest BCUT2D eigenvalue weighted by atomic mass is 10.1. The Morgan fingerprint density at radius 3 is 2.51 bits per heavy atom. The molecule has 2 N–H and O–H groups in total. The van der Waals surface area contributed by atoms with Gasteiger partial charge in [-0.15, -0.1) is 0 Å². The van der Waals surface area contributed by atoms with Crippen molar-refractivity contribution in [1.82, 2.24) is 15.3 Å². The molecule has 0 spiro atoms. The van der Waals surface area contributed by atoms with Crippen LogP contribution in [0, 0.1) is 11.6 Å². The first-order chi connectivity index (χ1) is 18.1. The van der Waals surface area contributed by atoms with Crippen molar-refractivity contribution in [2.75, 3.05) is 46.2 Å². The van der Waals surface area contributed by atoms with Crippen LogP contribution in [0.5, 0.6) is 0 Å². The summed E-state index contributed by atoms with van der Waals surface area (Å²) in [5, 5.41) is 6.37. The topological polar surface area (TPSA) is 76.6 Å². The number of halogens is 2. The van der Waals surface area contributed by atoms with Gasteiger partial charge in [-0.25, -0.2) is 18.6 Å². The summed E-state index contributed by atoms with van der Waals surface area (Å²) in [6.45, 7) is 3.34. The van der Waals surface area contributed by atoms with Gasteiger partial charge < -0.3 is 15.5 Å². The fraction of sp³-hybridized carbons (Fsp3) is 0.370. The lowest BCUT2D eigenvalue weighted by Crippen LogP contribution is -2.52. The Morgan fingerprint density at radius 1 is 0.973 bits per heavy atom. The maximum Gasteiger partial charge on any atom is 0.330 e. The van der Waals surface area contributed by atoms with Gasteiger partial charge in [0.25, 0.3) is 0 Å². The van der Waals surface area contributed by atoms with Gasteiger partial charge in [-0.05, 0) is 43.2 Å². The van der Waals surface area contributed by atoms with Crippen molar-refractivity contribution in [3.8, 4) is 0 Å². The number of benzene rings is 2. The summed E-state index contributed by atoms with van der Waals surface area (Å²) in [6, 6.07) is 11.0. The summed E-state index contributed by atoms with van der Waals surface area (Å²) in [6.07, 6.45) is 5.44. The molecule has 1 aliphatic carbocycles. The minimum absolute atomic E-state index is 0.0145. The molecule has 2 amide bonds. The van der Waals surface area contributed by atoms with Crippen molar-refractivity contribution in [1.29, 1.82) is 0 Å². The number of hydrogen-bond donors (Lipinski definition) is 2. The lowest BCUT2D eigenvalue weighted by Gasteiger charge is -2.39. The van der Waals surface area contributed by atoms with Crippen molar-refractivity contribution in [2.24, 2.45) is 0 Å². The van der Waals surface area contributed by atoms with Gasteiger partial charge in [0.05, 0.1) is 17.9 Å². The minimum atomic E-state index is -0.448. The number of anilines is 5. The molecule has 2 aliphatic heterocycles. The molecule has 0 unspecified atom stereocenters. The summed E-state index contributed by atoms with van der Waals surface area (Å²) in [5.74, 6) is 0.0485. The number of nitrogens with one attached hydrogen (secondary N) is 2. The molecule has 1 saturated carbocycles. The van der Waals surface area contributed by atoms with E-state index in [9.17, 15) is 13.6 Å². The van der Waals surface area contributed by atoms with E-state index in [1.54, 1.807) is 35.4 Å². The van der Waals surface area contributed by atoms with E-state index in [0.29, 0.717) is 17.2 Å². The SMILES string of the molecule is O=C1N(c2ccccc2F)Cc2cnc(Nc3ccc(N4CCNCC4)c(F)c3)nc2N1C1CCCC1. The first kappa shape index (κ1) is 23.6. The number of amides is 2. The van der Waals surface area contributed by atoms with Crippen LogP contribution in [-0.2, 0) is 6.54 Å². The smallest absolute Gasteiger partial charge is 0.330 e. The first-order valence-corrected chi connectivity index (χ1v) is 12.8. The third kappa shape index (κ3) is 4.57. The van der Waals surface area contributed by atoms with Gasteiger partial charge in [0.2, 0.25) is 5.95 Å². The summed E-state index contributed by atoms with van der Waals surface area (Å²) in [4.78, 5) is 28.0. The first-order valence-electron chi connectivity index (χ1n) is 12.8. The average molecular weight is 506 g/mol. The summed E-state index contributed by atoms with van der Waals surface area (Å²) in [7, 11) is 0. The molecule has 3 aromatic rings. The number of hydrogen-bond acceptors (Lipinski definition) is 6.